The van der Waals surface area contributed by atoms with Crippen molar-refractivity contribution in [2.24, 2.45) is 5.73 Å². The number of carbonyl (C=O) groups excluding carboxylic acids is 2. The lowest BCUT2D eigenvalue weighted by Crippen LogP contribution is -2.10. The highest BCUT2D eigenvalue weighted by molar-refractivity contribution is 7.20. The number of nitrogens with one attached hydrogen (secondary N) is 1. The first kappa shape index (κ1) is 16.4. The molecule has 3 aromatic heterocycles. The maximum atomic E-state index is 12.2. The Morgan fingerprint density at radius 3 is 2.81 bits per heavy atom. The van der Waals surface area contributed by atoms with E-state index in [1.54, 1.807) is 23.7 Å². The SMILES string of the molecule is NC(=O)c1cc2cnc(-c3cccc(NC(=O)c4ccsc4)c3)nc2s1. The van der Waals surface area contributed by atoms with E-state index in [2.05, 4.69) is 15.3 Å². The summed E-state index contributed by atoms with van der Waals surface area (Å²) in [5.74, 6) is -0.126. The number of aromatic nitrogens is 2. The monoisotopic (exact) mass is 380 g/mol. The van der Waals surface area contributed by atoms with Gasteiger partial charge in [-0.1, -0.05) is 12.1 Å². The van der Waals surface area contributed by atoms with Crippen LogP contribution in [0, 0.1) is 0 Å². The Hall–Kier alpha value is -3.10. The van der Waals surface area contributed by atoms with Crippen LogP contribution in [0.4, 0.5) is 5.69 Å². The van der Waals surface area contributed by atoms with E-state index in [0.717, 1.165) is 10.9 Å². The molecule has 0 saturated carbocycles. The molecular formula is C18H12N4O2S2. The highest BCUT2D eigenvalue weighted by Gasteiger charge is 2.11. The molecule has 3 heterocycles. The van der Waals surface area contributed by atoms with Crippen molar-refractivity contribution >= 4 is 50.4 Å². The smallest absolute Gasteiger partial charge is 0.258 e. The fourth-order valence-electron chi connectivity index (χ4n) is 2.42. The van der Waals surface area contributed by atoms with E-state index < -0.39 is 5.91 Å². The second-order valence-corrected chi connectivity index (χ2v) is 7.29. The highest BCUT2D eigenvalue weighted by atomic mass is 32.1. The van der Waals surface area contributed by atoms with Crippen LogP contribution in [0.2, 0.25) is 0 Å². The molecule has 0 unspecified atom stereocenters. The van der Waals surface area contributed by atoms with Gasteiger partial charge in [-0.2, -0.15) is 11.3 Å². The van der Waals surface area contributed by atoms with Gasteiger partial charge in [0.2, 0.25) is 0 Å². The lowest BCUT2D eigenvalue weighted by atomic mass is 10.2. The van der Waals surface area contributed by atoms with Gasteiger partial charge in [-0.15, -0.1) is 11.3 Å². The van der Waals surface area contributed by atoms with Crippen LogP contribution in [0.5, 0.6) is 0 Å². The Morgan fingerprint density at radius 1 is 1.15 bits per heavy atom. The molecule has 0 aliphatic rings. The van der Waals surface area contributed by atoms with Gasteiger partial charge in [0.15, 0.2) is 5.82 Å². The Morgan fingerprint density at radius 2 is 2.04 bits per heavy atom. The average molecular weight is 380 g/mol. The van der Waals surface area contributed by atoms with Crippen LogP contribution >= 0.6 is 22.7 Å². The molecule has 0 fully saturated rings. The zero-order valence-electron chi connectivity index (χ0n) is 13.3. The normalized spacial score (nSPS) is 10.8. The van der Waals surface area contributed by atoms with E-state index in [-0.39, 0.29) is 5.91 Å². The van der Waals surface area contributed by atoms with E-state index in [1.807, 2.05) is 29.6 Å². The highest BCUT2D eigenvalue weighted by Crippen LogP contribution is 2.26. The molecule has 4 rings (SSSR count). The molecule has 0 bridgehead atoms. The van der Waals surface area contributed by atoms with Gasteiger partial charge in [0, 0.05) is 28.2 Å². The summed E-state index contributed by atoms with van der Waals surface area (Å²) < 4.78 is 0. The van der Waals surface area contributed by atoms with Gasteiger partial charge in [0.05, 0.1) is 10.4 Å². The lowest BCUT2D eigenvalue weighted by Gasteiger charge is -2.06. The number of hydrogen-bond acceptors (Lipinski definition) is 6. The van der Waals surface area contributed by atoms with Crippen molar-refractivity contribution < 1.29 is 9.59 Å². The number of nitrogens with zero attached hydrogens (tertiary/aromatic N) is 2. The van der Waals surface area contributed by atoms with Gasteiger partial charge >= 0.3 is 0 Å². The number of nitrogens with two attached hydrogens (primary N) is 1. The fraction of sp³-hybridized carbons (Fsp3) is 0. The Balaban J connectivity index is 1.64. The molecular weight excluding hydrogens is 368 g/mol. The first-order valence-electron chi connectivity index (χ1n) is 7.60. The summed E-state index contributed by atoms with van der Waals surface area (Å²) in [6.45, 7) is 0. The second kappa shape index (κ2) is 6.66. The van der Waals surface area contributed by atoms with Crippen LogP contribution in [-0.2, 0) is 0 Å². The Kier molecular flexibility index (Phi) is 4.19. The van der Waals surface area contributed by atoms with E-state index in [4.69, 9.17) is 5.73 Å². The standard InChI is InChI=1S/C18H12N4O2S2/c19-15(23)14-7-12-8-20-16(22-18(12)26-14)10-2-1-3-13(6-10)21-17(24)11-4-5-25-9-11/h1-9H,(H2,19,23)(H,21,24). The molecule has 0 saturated heterocycles. The zero-order valence-corrected chi connectivity index (χ0v) is 14.9. The maximum absolute atomic E-state index is 12.2. The van der Waals surface area contributed by atoms with Gasteiger partial charge in [-0.25, -0.2) is 9.97 Å². The van der Waals surface area contributed by atoms with Crippen molar-refractivity contribution in [2.45, 2.75) is 0 Å². The minimum absolute atomic E-state index is 0.163. The summed E-state index contributed by atoms with van der Waals surface area (Å²) in [6.07, 6.45) is 1.66. The van der Waals surface area contributed by atoms with Gasteiger partial charge in [-0.05, 0) is 29.6 Å². The molecule has 26 heavy (non-hydrogen) atoms. The number of amides is 2. The minimum Gasteiger partial charge on any atom is -0.365 e. The van der Waals surface area contributed by atoms with Crippen molar-refractivity contribution in [3.63, 3.8) is 0 Å². The molecule has 0 aliphatic heterocycles. The summed E-state index contributed by atoms with van der Waals surface area (Å²) in [7, 11) is 0. The van der Waals surface area contributed by atoms with Crippen LogP contribution in [0.3, 0.4) is 0 Å². The molecule has 0 spiro atoms. The molecule has 4 aromatic rings. The molecule has 0 aliphatic carbocycles. The summed E-state index contributed by atoms with van der Waals surface area (Å²) in [5, 5.41) is 7.29. The van der Waals surface area contributed by atoms with Crippen LogP contribution < -0.4 is 11.1 Å². The Bertz CT molecular complexity index is 1120. The predicted molar refractivity (Wildman–Crippen MR) is 104 cm³/mol. The van der Waals surface area contributed by atoms with Crippen LogP contribution in [0.25, 0.3) is 21.6 Å². The van der Waals surface area contributed by atoms with Crippen molar-refractivity contribution in [2.75, 3.05) is 5.32 Å². The number of thiophene rings is 2. The summed E-state index contributed by atoms with van der Waals surface area (Å²) >= 11 is 2.70. The number of rotatable bonds is 4. The number of primary amides is 1. The zero-order chi connectivity index (χ0) is 18.1. The van der Waals surface area contributed by atoms with Gasteiger partial charge < -0.3 is 11.1 Å². The van der Waals surface area contributed by atoms with E-state index in [0.29, 0.717) is 26.8 Å². The molecule has 0 atom stereocenters. The molecule has 6 nitrogen and oxygen atoms in total. The van der Waals surface area contributed by atoms with Gasteiger partial charge in [0.1, 0.15) is 4.83 Å². The first-order valence-corrected chi connectivity index (χ1v) is 9.36. The largest absolute Gasteiger partial charge is 0.365 e. The van der Waals surface area contributed by atoms with E-state index >= 15 is 0 Å². The molecule has 128 valence electrons. The predicted octanol–water partition coefficient (Wildman–Crippen LogP) is 3.77. The molecule has 1 aromatic carbocycles. The summed E-state index contributed by atoms with van der Waals surface area (Å²) in [6, 6.07) is 10.8. The first-order chi connectivity index (χ1) is 12.6. The van der Waals surface area contributed by atoms with Crippen LogP contribution in [0.15, 0.2) is 53.4 Å². The quantitative estimate of drug-likeness (QED) is 0.563. The van der Waals surface area contributed by atoms with Gasteiger partial charge in [0.25, 0.3) is 11.8 Å². The number of fused-ring (bicyclic) bond motifs is 1. The van der Waals surface area contributed by atoms with Crippen molar-refractivity contribution in [1.82, 2.24) is 9.97 Å². The third-order valence-electron chi connectivity index (χ3n) is 3.68. The van der Waals surface area contributed by atoms with E-state index in [1.165, 1.54) is 22.7 Å². The minimum atomic E-state index is -0.479. The van der Waals surface area contributed by atoms with Gasteiger partial charge in [-0.3, -0.25) is 9.59 Å². The van der Waals surface area contributed by atoms with Crippen LogP contribution in [0.1, 0.15) is 20.0 Å². The second-order valence-electron chi connectivity index (χ2n) is 5.48. The fourth-order valence-corrected chi connectivity index (χ4v) is 3.92. The number of carbonyl (C=O) groups is 2. The van der Waals surface area contributed by atoms with Crippen molar-refractivity contribution in [3.05, 3.63) is 63.8 Å². The lowest BCUT2D eigenvalue weighted by molar-refractivity contribution is 0.100. The van der Waals surface area contributed by atoms with Crippen LogP contribution in [-0.4, -0.2) is 21.8 Å². The molecule has 3 N–H and O–H groups in total. The molecule has 0 radical (unpaired) electrons. The third kappa shape index (κ3) is 3.19. The van der Waals surface area contributed by atoms with Crippen molar-refractivity contribution in [3.8, 4) is 11.4 Å². The number of benzene rings is 1. The number of hydrogen-bond donors (Lipinski definition) is 2. The topological polar surface area (TPSA) is 98.0 Å². The third-order valence-corrected chi connectivity index (χ3v) is 5.42. The molecule has 8 heteroatoms. The van der Waals surface area contributed by atoms with E-state index in [9.17, 15) is 9.59 Å². The summed E-state index contributed by atoms with van der Waals surface area (Å²) in [5.41, 5.74) is 7.36. The maximum Gasteiger partial charge on any atom is 0.258 e. The summed E-state index contributed by atoms with van der Waals surface area (Å²) in [4.78, 5) is 33.5. The average Bonchev–Trinajstić information content (AvgIpc) is 3.31. The number of anilines is 1. The van der Waals surface area contributed by atoms with Crippen molar-refractivity contribution in [1.29, 1.82) is 0 Å². The Labute approximate surface area is 156 Å². The molecule has 2 amide bonds.